The number of aliphatic hydroxyl groups excluding tert-OH is 1. The zero-order valence-corrected chi connectivity index (χ0v) is 16.5. The van der Waals surface area contributed by atoms with Gasteiger partial charge in [0, 0.05) is 18.8 Å². The topological polar surface area (TPSA) is 63.6 Å². The molecule has 26 heavy (non-hydrogen) atoms. The van der Waals surface area contributed by atoms with Gasteiger partial charge in [-0.3, -0.25) is 9.59 Å². The fourth-order valence-electron chi connectivity index (χ4n) is 7.44. The Morgan fingerprint density at radius 3 is 2.62 bits per heavy atom. The van der Waals surface area contributed by atoms with Crippen LogP contribution < -0.4 is 0 Å². The van der Waals surface area contributed by atoms with Crippen LogP contribution in [0.1, 0.15) is 66.2 Å². The number of hydrogen-bond acceptors (Lipinski definition) is 4. The molecule has 0 aromatic carbocycles. The van der Waals surface area contributed by atoms with Crippen molar-refractivity contribution in [2.75, 3.05) is 6.61 Å². The molecule has 0 radical (unpaired) electrons. The molecule has 1 spiro atoms. The summed E-state index contributed by atoms with van der Waals surface area (Å²) in [6.07, 6.45) is 9.34. The van der Waals surface area contributed by atoms with E-state index in [2.05, 4.69) is 26.8 Å². The highest BCUT2D eigenvalue weighted by Gasteiger charge is 2.69. The van der Waals surface area contributed by atoms with Crippen LogP contribution in [0.2, 0.25) is 0 Å². The molecule has 3 fully saturated rings. The summed E-state index contributed by atoms with van der Waals surface area (Å²) in [6.45, 7) is 8.39. The zero-order chi connectivity index (χ0) is 19.0. The van der Waals surface area contributed by atoms with Crippen molar-refractivity contribution >= 4 is 11.8 Å². The van der Waals surface area contributed by atoms with Crippen LogP contribution in [0.4, 0.5) is 0 Å². The normalized spacial score (nSPS) is 48.7. The summed E-state index contributed by atoms with van der Waals surface area (Å²) in [7, 11) is 0. The molecule has 4 nitrogen and oxygen atoms in total. The molecule has 4 aliphatic rings. The fourth-order valence-corrected chi connectivity index (χ4v) is 7.44. The first-order chi connectivity index (χ1) is 12.1. The predicted octanol–water partition coefficient (Wildman–Crippen LogP) is 3.67. The van der Waals surface area contributed by atoms with E-state index in [0.717, 1.165) is 12.8 Å². The summed E-state index contributed by atoms with van der Waals surface area (Å²) in [5, 5.41) is 9.99. The van der Waals surface area contributed by atoms with Crippen LogP contribution in [0.25, 0.3) is 0 Å². The molecule has 0 aromatic heterocycles. The van der Waals surface area contributed by atoms with Gasteiger partial charge in [0.1, 0.15) is 11.9 Å². The van der Waals surface area contributed by atoms with Crippen LogP contribution in [0.3, 0.4) is 0 Å². The SMILES string of the molecule is CC(=O)O[C@H]1CC2C(C)(C)CCC[C@@]2(C)C2CC(=O)[C@]3(CO)C=C[C@@]21C3. The van der Waals surface area contributed by atoms with E-state index in [9.17, 15) is 14.7 Å². The highest BCUT2D eigenvalue weighted by Crippen LogP contribution is 2.71. The van der Waals surface area contributed by atoms with E-state index in [1.54, 1.807) is 0 Å². The van der Waals surface area contributed by atoms with E-state index >= 15 is 0 Å². The number of esters is 1. The molecule has 2 bridgehead atoms. The molecular formula is C22H32O4. The third kappa shape index (κ3) is 2.17. The number of ketones is 1. The summed E-state index contributed by atoms with van der Waals surface area (Å²) >= 11 is 0. The van der Waals surface area contributed by atoms with Gasteiger partial charge in [0.2, 0.25) is 0 Å². The van der Waals surface area contributed by atoms with Gasteiger partial charge in [-0.2, -0.15) is 0 Å². The van der Waals surface area contributed by atoms with Crippen molar-refractivity contribution in [2.24, 2.45) is 33.5 Å². The molecule has 6 atom stereocenters. The van der Waals surface area contributed by atoms with E-state index in [-0.39, 0.29) is 46.6 Å². The average molecular weight is 360 g/mol. The number of rotatable bonds is 2. The minimum absolute atomic E-state index is 0.0738. The van der Waals surface area contributed by atoms with Gasteiger partial charge in [0.05, 0.1) is 12.0 Å². The Balaban J connectivity index is 1.84. The number of hydrogen-bond donors (Lipinski definition) is 1. The molecule has 1 N–H and O–H groups in total. The number of ether oxygens (including phenoxy) is 1. The molecule has 2 unspecified atom stereocenters. The Hall–Kier alpha value is -1.16. The van der Waals surface area contributed by atoms with Gasteiger partial charge in [-0.15, -0.1) is 0 Å². The Morgan fingerprint density at radius 1 is 1.23 bits per heavy atom. The standard InChI is InChI=1S/C22H32O4/c1-14(24)26-18-11-15-19(2,3)6-5-7-20(15,4)16-10-17(25)21(13-23)8-9-22(16,18)12-21/h8-9,15-16,18,23H,5-7,10-13H2,1-4H3/t15?,16?,18-,20+,21+,22+/m0/s1. The van der Waals surface area contributed by atoms with Crippen molar-refractivity contribution in [3.05, 3.63) is 12.2 Å². The second-order valence-electron chi connectivity index (χ2n) is 10.4. The summed E-state index contributed by atoms with van der Waals surface area (Å²) < 4.78 is 5.91. The third-order valence-corrected chi connectivity index (χ3v) is 8.64. The van der Waals surface area contributed by atoms with Crippen LogP contribution in [-0.4, -0.2) is 29.6 Å². The molecule has 144 valence electrons. The number of carbonyl (C=O) groups is 2. The molecule has 4 rings (SSSR count). The van der Waals surface area contributed by atoms with Crippen molar-refractivity contribution in [1.29, 1.82) is 0 Å². The summed E-state index contributed by atoms with van der Waals surface area (Å²) in [5.41, 5.74) is -0.808. The number of fused-ring (bicyclic) bond motifs is 3. The minimum atomic E-state index is -0.762. The van der Waals surface area contributed by atoms with E-state index in [1.807, 2.05) is 6.08 Å². The highest BCUT2D eigenvalue weighted by molar-refractivity contribution is 5.89. The van der Waals surface area contributed by atoms with Crippen molar-refractivity contribution in [2.45, 2.75) is 72.3 Å². The van der Waals surface area contributed by atoms with E-state index in [4.69, 9.17) is 4.74 Å². The van der Waals surface area contributed by atoms with E-state index < -0.39 is 5.41 Å². The zero-order valence-electron chi connectivity index (χ0n) is 16.5. The van der Waals surface area contributed by atoms with Crippen LogP contribution in [0, 0.1) is 33.5 Å². The predicted molar refractivity (Wildman–Crippen MR) is 98.2 cm³/mol. The number of carbonyl (C=O) groups excluding carboxylic acids is 2. The van der Waals surface area contributed by atoms with Crippen molar-refractivity contribution < 1.29 is 19.4 Å². The molecule has 0 saturated heterocycles. The largest absolute Gasteiger partial charge is 0.462 e. The molecule has 4 heteroatoms. The lowest BCUT2D eigenvalue weighted by Crippen LogP contribution is -2.64. The molecule has 3 saturated carbocycles. The maximum atomic E-state index is 13.0. The monoisotopic (exact) mass is 360 g/mol. The average Bonchev–Trinajstić information content (AvgIpc) is 2.89. The van der Waals surface area contributed by atoms with Crippen LogP contribution >= 0.6 is 0 Å². The van der Waals surface area contributed by atoms with Gasteiger partial charge < -0.3 is 9.84 Å². The fraction of sp³-hybridized carbons (Fsp3) is 0.818. The van der Waals surface area contributed by atoms with Gasteiger partial charge >= 0.3 is 5.97 Å². The molecule has 4 aliphatic carbocycles. The number of Topliss-reactive ketones (excluding diaryl/α,β-unsaturated/α-hetero) is 1. The number of aliphatic hydroxyl groups is 1. The van der Waals surface area contributed by atoms with Gasteiger partial charge in [-0.05, 0) is 48.3 Å². The van der Waals surface area contributed by atoms with E-state index in [0.29, 0.717) is 18.8 Å². The smallest absolute Gasteiger partial charge is 0.302 e. The van der Waals surface area contributed by atoms with Gasteiger partial charge in [-0.1, -0.05) is 39.3 Å². The third-order valence-electron chi connectivity index (χ3n) is 8.64. The van der Waals surface area contributed by atoms with Crippen molar-refractivity contribution in [3.63, 3.8) is 0 Å². The second kappa shape index (κ2) is 5.43. The first kappa shape index (κ1) is 18.2. The van der Waals surface area contributed by atoms with Crippen LogP contribution in [-0.2, 0) is 14.3 Å². The van der Waals surface area contributed by atoms with E-state index in [1.165, 1.54) is 19.8 Å². The molecule has 0 amide bonds. The quantitative estimate of drug-likeness (QED) is 0.603. The summed E-state index contributed by atoms with van der Waals surface area (Å²) in [4.78, 5) is 25.0. The first-order valence-corrected chi connectivity index (χ1v) is 10.1. The molecule has 0 aromatic rings. The lowest BCUT2D eigenvalue weighted by atomic mass is 9.39. The lowest BCUT2D eigenvalue weighted by Gasteiger charge is -2.65. The molecule has 0 aliphatic heterocycles. The first-order valence-electron chi connectivity index (χ1n) is 10.1. The van der Waals surface area contributed by atoms with Gasteiger partial charge in [0.15, 0.2) is 0 Å². The van der Waals surface area contributed by atoms with Crippen molar-refractivity contribution in [3.8, 4) is 0 Å². The Bertz CT molecular complexity index is 680. The van der Waals surface area contributed by atoms with Crippen molar-refractivity contribution in [1.82, 2.24) is 0 Å². The minimum Gasteiger partial charge on any atom is -0.462 e. The van der Waals surface area contributed by atoms with Gasteiger partial charge in [-0.25, -0.2) is 0 Å². The lowest BCUT2D eigenvalue weighted by molar-refractivity contribution is -0.207. The highest BCUT2D eigenvalue weighted by atomic mass is 16.5. The summed E-state index contributed by atoms with van der Waals surface area (Å²) in [5.74, 6) is 0.545. The Morgan fingerprint density at radius 2 is 1.96 bits per heavy atom. The summed E-state index contributed by atoms with van der Waals surface area (Å²) in [6, 6.07) is 0. The van der Waals surface area contributed by atoms with Crippen LogP contribution in [0.15, 0.2) is 12.2 Å². The maximum Gasteiger partial charge on any atom is 0.302 e. The maximum absolute atomic E-state index is 13.0. The van der Waals surface area contributed by atoms with Gasteiger partial charge in [0.25, 0.3) is 0 Å². The van der Waals surface area contributed by atoms with Crippen LogP contribution in [0.5, 0.6) is 0 Å². The molecular weight excluding hydrogens is 328 g/mol. The Labute approximate surface area is 156 Å². The molecule has 0 heterocycles. The second-order valence-corrected chi connectivity index (χ2v) is 10.4. The Kier molecular flexibility index (Phi) is 3.81.